The minimum atomic E-state index is -0.759. The minimum Gasteiger partial charge on any atom is -0.451 e. The number of aromatic nitrogens is 1. The van der Waals surface area contributed by atoms with Gasteiger partial charge in [0, 0.05) is 31.0 Å². The second-order valence-corrected chi connectivity index (χ2v) is 8.74. The van der Waals surface area contributed by atoms with E-state index in [-0.39, 0.29) is 18.1 Å². The third-order valence-corrected chi connectivity index (χ3v) is 6.36. The van der Waals surface area contributed by atoms with E-state index in [1.54, 1.807) is 11.0 Å². The lowest BCUT2D eigenvalue weighted by Crippen LogP contribution is -2.41. The second kappa shape index (κ2) is 11.5. The standard InChI is InChI=1S/C27H33N3O3/c1-4-12-30-20(2)15-24(21(30)3)17-25(18-28)27(32)33-19-26(31)29-13-10-23(11-14-29)16-22-8-6-5-7-9-22/h5-9,15,17,23H,4,10-14,16,19H2,1-3H3/b25-17-. The lowest BCUT2D eigenvalue weighted by molar-refractivity contribution is -0.149. The summed E-state index contributed by atoms with van der Waals surface area (Å²) in [5, 5.41) is 9.47. The molecule has 1 aromatic heterocycles. The lowest BCUT2D eigenvalue weighted by atomic mass is 9.90. The van der Waals surface area contributed by atoms with Crippen molar-refractivity contribution in [1.29, 1.82) is 5.26 Å². The van der Waals surface area contributed by atoms with Crippen LogP contribution in [0.25, 0.3) is 6.08 Å². The van der Waals surface area contributed by atoms with Crippen LogP contribution in [-0.4, -0.2) is 41.0 Å². The smallest absolute Gasteiger partial charge is 0.349 e. The molecule has 6 nitrogen and oxygen atoms in total. The Hall–Kier alpha value is -3.33. The third-order valence-electron chi connectivity index (χ3n) is 6.36. The summed E-state index contributed by atoms with van der Waals surface area (Å²) in [6, 6.07) is 14.3. The molecule has 0 unspecified atom stereocenters. The van der Waals surface area contributed by atoms with Crippen molar-refractivity contribution in [3.8, 4) is 6.07 Å². The van der Waals surface area contributed by atoms with Crippen molar-refractivity contribution in [2.75, 3.05) is 19.7 Å². The number of esters is 1. The maximum absolute atomic E-state index is 12.6. The van der Waals surface area contributed by atoms with Crippen molar-refractivity contribution >= 4 is 18.0 Å². The van der Waals surface area contributed by atoms with Gasteiger partial charge in [-0.05, 0) is 68.7 Å². The van der Waals surface area contributed by atoms with Crippen LogP contribution in [0.3, 0.4) is 0 Å². The first kappa shape index (κ1) is 24.3. The number of benzene rings is 1. The van der Waals surface area contributed by atoms with E-state index >= 15 is 0 Å². The lowest BCUT2D eigenvalue weighted by Gasteiger charge is -2.32. The predicted molar refractivity (Wildman–Crippen MR) is 128 cm³/mol. The molecule has 2 heterocycles. The quantitative estimate of drug-likeness (QED) is 0.340. The number of rotatable bonds is 8. The predicted octanol–water partition coefficient (Wildman–Crippen LogP) is 4.45. The molecule has 3 rings (SSSR count). The van der Waals surface area contributed by atoms with Crippen LogP contribution in [0, 0.1) is 31.1 Å². The van der Waals surface area contributed by atoms with Gasteiger partial charge >= 0.3 is 5.97 Å². The molecule has 1 aliphatic rings. The van der Waals surface area contributed by atoms with Crippen molar-refractivity contribution in [3.05, 3.63) is 64.5 Å². The zero-order valence-electron chi connectivity index (χ0n) is 19.8. The Balaban J connectivity index is 1.51. The number of carbonyl (C=O) groups is 2. The summed E-state index contributed by atoms with van der Waals surface area (Å²) < 4.78 is 7.37. The first-order valence-electron chi connectivity index (χ1n) is 11.7. The molecule has 1 saturated heterocycles. The highest BCUT2D eigenvalue weighted by atomic mass is 16.5. The molecule has 33 heavy (non-hydrogen) atoms. The van der Waals surface area contributed by atoms with Crippen LogP contribution in [0.1, 0.15) is 48.7 Å². The molecular weight excluding hydrogens is 414 g/mol. The highest BCUT2D eigenvalue weighted by molar-refractivity contribution is 5.99. The largest absolute Gasteiger partial charge is 0.451 e. The average molecular weight is 448 g/mol. The van der Waals surface area contributed by atoms with Crippen LogP contribution in [0.15, 0.2) is 42.0 Å². The summed E-state index contributed by atoms with van der Waals surface area (Å²) >= 11 is 0. The number of nitrogens with zero attached hydrogens (tertiary/aromatic N) is 3. The normalized spacial score (nSPS) is 14.7. The van der Waals surface area contributed by atoms with Crippen molar-refractivity contribution in [2.24, 2.45) is 5.92 Å². The molecule has 0 bridgehead atoms. The Morgan fingerprint density at radius 2 is 1.88 bits per heavy atom. The van der Waals surface area contributed by atoms with Gasteiger partial charge in [-0.1, -0.05) is 37.3 Å². The van der Waals surface area contributed by atoms with Gasteiger partial charge in [0.1, 0.15) is 11.6 Å². The van der Waals surface area contributed by atoms with Crippen LogP contribution < -0.4 is 0 Å². The molecule has 0 spiro atoms. The van der Waals surface area contributed by atoms with E-state index in [2.05, 4.69) is 35.8 Å². The summed E-state index contributed by atoms with van der Waals surface area (Å²) in [7, 11) is 0. The zero-order valence-corrected chi connectivity index (χ0v) is 19.8. The zero-order chi connectivity index (χ0) is 23.8. The van der Waals surface area contributed by atoms with E-state index in [9.17, 15) is 14.9 Å². The maximum atomic E-state index is 12.6. The molecule has 0 radical (unpaired) electrons. The molecule has 1 aromatic carbocycles. The Morgan fingerprint density at radius 3 is 2.52 bits per heavy atom. The van der Waals surface area contributed by atoms with Crippen LogP contribution in [0.2, 0.25) is 0 Å². The number of likely N-dealkylation sites (tertiary alicyclic amines) is 1. The summed E-state index contributed by atoms with van der Waals surface area (Å²) in [5.74, 6) is -0.413. The summed E-state index contributed by atoms with van der Waals surface area (Å²) in [6.45, 7) is 7.96. The molecule has 1 amide bonds. The van der Waals surface area contributed by atoms with Gasteiger partial charge in [0.2, 0.25) is 0 Å². The highest BCUT2D eigenvalue weighted by Gasteiger charge is 2.24. The van der Waals surface area contributed by atoms with E-state index in [0.29, 0.717) is 19.0 Å². The molecule has 0 N–H and O–H groups in total. The number of ether oxygens (including phenoxy) is 1. The van der Waals surface area contributed by atoms with Gasteiger partial charge in [-0.25, -0.2) is 4.79 Å². The number of nitriles is 1. The monoisotopic (exact) mass is 447 g/mol. The van der Waals surface area contributed by atoms with Crippen molar-refractivity contribution in [1.82, 2.24) is 9.47 Å². The SMILES string of the molecule is CCCn1c(C)cc(/C=C(/C#N)C(=O)OCC(=O)N2CCC(Cc3ccccc3)CC2)c1C. The van der Waals surface area contributed by atoms with Crippen LogP contribution >= 0.6 is 0 Å². The Labute approximate surface area is 196 Å². The Bertz CT molecular complexity index is 1040. The topological polar surface area (TPSA) is 75.3 Å². The van der Waals surface area contributed by atoms with Gasteiger partial charge in [-0.15, -0.1) is 0 Å². The molecular formula is C27H33N3O3. The number of carbonyl (C=O) groups excluding carboxylic acids is 2. The van der Waals surface area contributed by atoms with Gasteiger partial charge in [-0.2, -0.15) is 5.26 Å². The number of aryl methyl sites for hydroxylation is 1. The maximum Gasteiger partial charge on any atom is 0.349 e. The molecule has 174 valence electrons. The molecule has 2 aromatic rings. The molecule has 1 fully saturated rings. The Kier molecular flexibility index (Phi) is 8.48. The minimum absolute atomic E-state index is 0.0962. The fourth-order valence-electron chi connectivity index (χ4n) is 4.46. The van der Waals surface area contributed by atoms with Crippen LogP contribution in [-0.2, 0) is 27.3 Å². The van der Waals surface area contributed by atoms with Gasteiger partial charge in [0.15, 0.2) is 6.61 Å². The van der Waals surface area contributed by atoms with E-state index in [0.717, 1.165) is 49.2 Å². The molecule has 0 aliphatic carbocycles. The third kappa shape index (κ3) is 6.35. The second-order valence-electron chi connectivity index (χ2n) is 8.74. The first-order valence-corrected chi connectivity index (χ1v) is 11.7. The van der Waals surface area contributed by atoms with E-state index < -0.39 is 5.97 Å². The number of hydrogen-bond donors (Lipinski definition) is 0. The van der Waals surface area contributed by atoms with Crippen molar-refractivity contribution in [2.45, 2.75) is 53.0 Å². The van der Waals surface area contributed by atoms with Crippen molar-refractivity contribution < 1.29 is 14.3 Å². The van der Waals surface area contributed by atoms with Gasteiger partial charge in [0.25, 0.3) is 5.91 Å². The summed E-state index contributed by atoms with van der Waals surface area (Å²) in [4.78, 5) is 26.8. The van der Waals surface area contributed by atoms with Gasteiger partial charge < -0.3 is 14.2 Å². The summed E-state index contributed by atoms with van der Waals surface area (Å²) in [5.41, 5.74) is 4.13. The first-order chi connectivity index (χ1) is 15.9. The summed E-state index contributed by atoms with van der Waals surface area (Å²) in [6.07, 6.45) is 5.44. The molecule has 0 atom stereocenters. The van der Waals surface area contributed by atoms with Crippen molar-refractivity contribution in [3.63, 3.8) is 0 Å². The number of piperidine rings is 1. The molecule has 1 aliphatic heterocycles. The fraction of sp³-hybridized carbons (Fsp3) is 0.444. The van der Waals surface area contributed by atoms with E-state index in [1.165, 1.54) is 5.56 Å². The van der Waals surface area contributed by atoms with Crippen LogP contribution in [0.5, 0.6) is 0 Å². The average Bonchev–Trinajstić information content (AvgIpc) is 3.09. The van der Waals surface area contributed by atoms with E-state index in [1.807, 2.05) is 32.0 Å². The van der Waals surface area contributed by atoms with Gasteiger partial charge in [-0.3, -0.25) is 4.79 Å². The number of hydrogen-bond acceptors (Lipinski definition) is 4. The van der Waals surface area contributed by atoms with Crippen LogP contribution in [0.4, 0.5) is 0 Å². The molecule has 6 heteroatoms. The molecule has 0 saturated carbocycles. The Morgan fingerprint density at radius 1 is 1.18 bits per heavy atom. The highest BCUT2D eigenvalue weighted by Crippen LogP contribution is 2.22. The van der Waals surface area contributed by atoms with E-state index in [4.69, 9.17) is 4.74 Å². The number of amides is 1. The fourth-order valence-corrected chi connectivity index (χ4v) is 4.46. The van der Waals surface area contributed by atoms with Gasteiger partial charge in [0.05, 0.1) is 0 Å².